The second-order valence-electron chi connectivity index (χ2n) is 5.40. The van der Waals surface area contributed by atoms with Crippen molar-refractivity contribution in [2.24, 2.45) is 5.92 Å². The highest BCUT2D eigenvalue weighted by Crippen LogP contribution is 2.28. The number of aryl methyl sites for hydroxylation is 1. The SMILES string of the molecule is CCOc1ccc2nc(CCC3CCNCC3)sc2c1. The van der Waals surface area contributed by atoms with Gasteiger partial charge in [0.15, 0.2) is 0 Å². The van der Waals surface area contributed by atoms with Crippen molar-refractivity contribution in [1.82, 2.24) is 10.3 Å². The first kappa shape index (κ1) is 13.8. The summed E-state index contributed by atoms with van der Waals surface area (Å²) >= 11 is 1.82. The van der Waals surface area contributed by atoms with Crippen molar-refractivity contribution in [3.63, 3.8) is 0 Å². The van der Waals surface area contributed by atoms with Crippen molar-refractivity contribution in [1.29, 1.82) is 0 Å². The Morgan fingerprint density at radius 1 is 1.35 bits per heavy atom. The van der Waals surface area contributed by atoms with Gasteiger partial charge in [0.25, 0.3) is 0 Å². The van der Waals surface area contributed by atoms with E-state index in [1.807, 2.05) is 24.3 Å². The van der Waals surface area contributed by atoms with Crippen LogP contribution in [0.3, 0.4) is 0 Å². The summed E-state index contributed by atoms with van der Waals surface area (Å²) in [7, 11) is 0. The molecule has 0 atom stereocenters. The molecule has 1 saturated heterocycles. The number of nitrogens with one attached hydrogen (secondary N) is 1. The van der Waals surface area contributed by atoms with Crippen LogP contribution in [0.15, 0.2) is 18.2 Å². The van der Waals surface area contributed by atoms with Gasteiger partial charge < -0.3 is 10.1 Å². The lowest BCUT2D eigenvalue weighted by Crippen LogP contribution is -2.27. The van der Waals surface area contributed by atoms with Crippen LogP contribution in [-0.4, -0.2) is 24.7 Å². The number of piperidine rings is 1. The molecule has 0 bridgehead atoms. The Hall–Kier alpha value is -1.13. The van der Waals surface area contributed by atoms with Gasteiger partial charge in [-0.3, -0.25) is 0 Å². The average Bonchev–Trinajstić information content (AvgIpc) is 2.89. The molecule has 1 aromatic carbocycles. The zero-order valence-electron chi connectivity index (χ0n) is 12.0. The molecule has 1 N–H and O–H groups in total. The number of benzene rings is 1. The van der Waals surface area contributed by atoms with Crippen molar-refractivity contribution in [3.8, 4) is 5.75 Å². The van der Waals surface area contributed by atoms with Crippen molar-refractivity contribution < 1.29 is 4.74 Å². The van der Waals surface area contributed by atoms with Gasteiger partial charge in [0.1, 0.15) is 5.75 Å². The lowest BCUT2D eigenvalue weighted by molar-refractivity contribution is 0.341. The molecule has 0 radical (unpaired) electrons. The Balaban J connectivity index is 1.65. The molecule has 0 unspecified atom stereocenters. The number of hydrogen-bond acceptors (Lipinski definition) is 4. The molecule has 3 rings (SSSR count). The highest BCUT2D eigenvalue weighted by molar-refractivity contribution is 7.18. The Labute approximate surface area is 124 Å². The third-order valence-corrected chi connectivity index (χ3v) is 5.02. The number of ether oxygens (including phenoxy) is 1. The van der Waals surface area contributed by atoms with Crippen LogP contribution in [0.1, 0.15) is 31.2 Å². The normalized spacial score (nSPS) is 16.6. The van der Waals surface area contributed by atoms with Crippen LogP contribution >= 0.6 is 11.3 Å². The maximum Gasteiger partial charge on any atom is 0.120 e. The van der Waals surface area contributed by atoms with E-state index in [-0.39, 0.29) is 0 Å². The zero-order chi connectivity index (χ0) is 13.8. The van der Waals surface area contributed by atoms with Crippen LogP contribution in [0.4, 0.5) is 0 Å². The van der Waals surface area contributed by atoms with E-state index in [0.29, 0.717) is 6.61 Å². The molecule has 108 valence electrons. The van der Waals surface area contributed by atoms with Gasteiger partial charge in [-0.15, -0.1) is 11.3 Å². The fourth-order valence-corrected chi connectivity index (χ4v) is 3.83. The van der Waals surface area contributed by atoms with Crippen LogP contribution < -0.4 is 10.1 Å². The fraction of sp³-hybridized carbons (Fsp3) is 0.562. The van der Waals surface area contributed by atoms with Crippen molar-refractivity contribution in [3.05, 3.63) is 23.2 Å². The molecule has 1 aliphatic heterocycles. The van der Waals surface area contributed by atoms with Gasteiger partial charge in [-0.25, -0.2) is 4.98 Å². The van der Waals surface area contributed by atoms with Crippen LogP contribution in [0.25, 0.3) is 10.2 Å². The minimum atomic E-state index is 0.715. The minimum absolute atomic E-state index is 0.715. The largest absolute Gasteiger partial charge is 0.494 e. The molecule has 0 amide bonds. The van der Waals surface area contributed by atoms with Crippen molar-refractivity contribution in [2.45, 2.75) is 32.6 Å². The summed E-state index contributed by atoms with van der Waals surface area (Å²) in [6.45, 7) is 5.10. The first-order chi connectivity index (χ1) is 9.85. The first-order valence-corrected chi connectivity index (χ1v) is 8.40. The third-order valence-electron chi connectivity index (χ3n) is 3.94. The van der Waals surface area contributed by atoms with Crippen LogP contribution in [-0.2, 0) is 6.42 Å². The number of aromatic nitrogens is 1. The Morgan fingerprint density at radius 2 is 2.20 bits per heavy atom. The summed E-state index contributed by atoms with van der Waals surface area (Å²) in [6, 6.07) is 6.21. The van der Waals surface area contributed by atoms with Gasteiger partial charge in [0, 0.05) is 0 Å². The Bertz CT molecular complexity index is 561. The first-order valence-electron chi connectivity index (χ1n) is 7.58. The van der Waals surface area contributed by atoms with Crippen molar-refractivity contribution >= 4 is 21.6 Å². The van der Waals surface area contributed by atoms with Gasteiger partial charge in [-0.2, -0.15) is 0 Å². The topological polar surface area (TPSA) is 34.1 Å². The molecule has 20 heavy (non-hydrogen) atoms. The van der Waals surface area contributed by atoms with Gasteiger partial charge in [0.05, 0.1) is 21.8 Å². The molecular weight excluding hydrogens is 268 g/mol. The summed E-state index contributed by atoms with van der Waals surface area (Å²) in [4.78, 5) is 4.75. The van der Waals surface area contributed by atoms with E-state index in [1.54, 1.807) is 0 Å². The predicted molar refractivity (Wildman–Crippen MR) is 84.7 cm³/mol. The molecule has 0 saturated carbocycles. The quantitative estimate of drug-likeness (QED) is 0.913. The van der Waals surface area contributed by atoms with E-state index in [0.717, 1.165) is 23.6 Å². The second-order valence-corrected chi connectivity index (χ2v) is 6.52. The standard InChI is InChI=1S/C16H22N2OS/c1-2-19-13-4-5-14-15(11-13)20-16(18-14)6-3-12-7-9-17-10-8-12/h4-5,11-12,17H,2-3,6-10H2,1H3. The van der Waals surface area contributed by atoms with Gasteiger partial charge in [-0.1, -0.05) is 0 Å². The minimum Gasteiger partial charge on any atom is -0.494 e. The molecule has 4 heteroatoms. The van der Waals surface area contributed by atoms with Gasteiger partial charge in [0.2, 0.25) is 0 Å². The molecule has 3 nitrogen and oxygen atoms in total. The lowest BCUT2D eigenvalue weighted by atomic mass is 9.93. The summed E-state index contributed by atoms with van der Waals surface area (Å²) in [5.74, 6) is 1.83. The number of fused-ring (bicyclic) bond motifs is 1. The third kappa shape index (κ3) is 3.30. The number of hydrogen-bond donors (Lipinski definition) is 1. The van der Waals surface area contributed by atoms with Crippen molar-refractivity contribution in [2.75, 3.05) is 19.7 Å². The molecule has 1 aliphatic rings. The summed E-state index contributed by atoms with van der Waals surface area (Å²) in [5.41, 5.74) is 1.11. The summed E-state index contributed by atoms with van der Waals surface area (Å²) < 4.78 is 6.80. The highest BCUT2D eigenvalue weighted by atomic mass is 32.1. The van der Waals surface area contributed by atoms with Crippen LogP contribution in [0.5, 0.6) is 5.75 Å². The number of thiazole rings is 1. The maximum atomic E-state index is 5.55. The van der Waals surface area contributed by atoms with Gasteiger partial charge in [-0.05, 0) is 69.8 Å². The van der Waals surface area contributed by atoms with Gasteiger partial charge >= 0.3 is 0 Å². The fourth-order valence-electron chi connectivity index (χ4n) is 2.81. The van der Waals surface area contributed by atoms with E-state index in [9.17, 15) is 0 Å². The molecule has 0 spiro atoms. The summed E-state index contributed by atoms with van der Waals surface area (Å²) in [5, 5.41) is 4.70. The number of nitrogens with zero attached hydrogens (tertiary/aromatic N) is 1. The molecule has 1 aromatic heterocycles. The summed E-state index contributed by atoms with van der Waals surface area (Å²) in [6.07, 6.45) is 5.03. The monoisotopic (exact) mass is 290 g/mol. The van der Waals surface area contributed by atoms with Crippen LogP contribution in [0.2, 0.25) is 0 Å². The van der Waals surface area contributed by atoms with E-state index >= 15 is 0 Å². The van der Waals surface area contributed by atoms with E-state index < -0.39 is 0 Å². The number of rotatable bonds is 5. The predicted octanol–water partition coefficient (Wildman–Crippen LogP) is 3.63. The Morgan fingerprint density at radius 3 is 3.00 bits per heavy atom. The second kappa shape index (κ2) is 6.55. The molecule has 1 fully saturated rings. The zero-order valence-corrected chi connectivity index (χ0v) is 12.8. The Kier molecular flexibility index (Phi) is 4.53. The highest BCUT2D eigenvalue weighted by Gasteiger charge is 2.14. The van der Waals surface area contributed by atoms with E-state index in [2.05, 4.69) is 17.4 Å². The lowest BCUT2D eigenvalue weighted by Gasteiger charge is -2.21. The maximum absolute atomic E-state index is 5.55. The average molecular weight is 290 g/mol. The molecule has 2 aromatic rings. The van der Waals surface area contributed by atoms with E-state index in [4.69, 9.17) is 9.72 Å². The van der Waals surface area contributed by atoms with E-state index in [1.165, 1.54) is 42.1 Å². The smallest absolute Gasteiger partial charge is 0.120 e. The molecule has 0 aliphatic carbocycles. The van der Waals surface area contributed by atoms with Crippen LogP contribution in [0, 0.1) is 5.92 Å². The molecular formula is C16H22N2OS. The molecule has 2 heterocycles.